The zero-order valence-corrected chi connectivity index (χ0v) is 12.4. The number of para-hydroxylation sites is 1. The van der Waals surface area contributed by atoms with Crippen LogP contribution in [0.25, 0.3) is 0 Å². The van der Waals surface area contributed by atoms with Crippen LogP contribution in [0.1, 0.15) is 37.1 Å². The van der Waals surface area contributed by atoms with Crippen molar-refractivity contribution in [3.05, 3.63) is 59.4 Å². The number of hydrogen-bond acceptors (Lipinski definition) is 3. The molecule has 2 aromatic rings. The summed E-state index contributed by atoms with van der Waals surface area (Å²) in [4.78, 5) is 0. The monoisotopic (exact) mass is 289 g/mol. The fourth-order valence-corrected chi connectivity index (χ4v) is 2.46. The first kappa shape index (κ1) is 15.3. The normalized spacial score (nSPS) is 13.7. The first-order chi connectivity index (χ1) is 10.0. The van der Waals surface area contributed by atoms with Gasteiger partial charge < -0.3 is 15.2 Å². The van der Waals surface area contributed by atoms with Crippen molar-refractivity contribution in [1.29, 1.82) is 0 Å². The molecule has 112 valence electrons. The molecular formula is C17H20FNO2. The molecule has 2 rings (SSSR count). The molecule has 4 heteroatoms. The van der Waals surface area contributed by atoms with Crippen LogP contribution in [-0.4, -0.2) is 12.2 Å². The number of nitrogens with one attached hydrogen (secondary N) is 1. The number of phenols is 1. The molecule has 0 aliphatic rings. The van der Waals surface area contributed by atoms with E-state index in [0.717, 1.165) is 17.4 Å². The summed E-state index contributed by atoms with van der Waals surface area (Å²) in [7, 11) is 1.64. The molecule has 0 aromatic heterocycles. The first-order valence-corrected chi connectivity index (χ1v) is 6.90. The van der Waals surface area contributed by atoms with Crippen molar-refractivity contribution in [2.24, 2.45) is 0 Å². The van der Waals surface area contributed by atoms with Crippen molar-refractivity contribution in [1.82, 2.24) is 5.32 Å². The van der Waals surface area contributed by atoms with Crippen LogP contribution in [0.3, 0.4) is 0 Å². The molecule has 0 aliphatic heterocycles. The van der Waals surface area contributed by atoms with E-state index in [1.807, 2.05) is 38.1 Å². The second-order valence-corrected chi connectivity index (χ2v) is 5.06. The fraction of sp³-hybridized carbons (Fsp3) is 0.294. The number of hydrogen-bond donors (Lipinski definition) is 2. The molecule has 0 heterocycles. The molecule has 0 amide bonds. The third-order valence-corrected chi connectivity index (χ3v) is 3.56. The van der Waals surface area contributed by atoms with Gasteiger partial charge in [-0.15, -0.1) is 0 Å². The maximum atomic E-state index is 13.0. The van der Waals surface area contributed by atoms with E-state index in [9.17, 15) is 9.50 Å². The van der Waals surface area contributed by atoms with Crippen LogP contribution < -0.4 is 10.1 Å². The lowest BCUT2D eigenvalue weighted by molar-refractivity contribution is 0.393. The molecule has 0 saturated heterocycles. The molecule has 2 aromatic carbocycles. The fourth-order valence-electron chi connectivity index (χ4n) is 2.46. The highest BCUT2D eigenvalue weighted by Crippen LogP contribution is 2.29. The van der Waals surface area contributed by atoms with Crippen molar-refractivity contribution in [3.8, 4) is 11.5 Å². The number of rotatable bonds is 5. The molecule has 0 saturated carbocycles. The SMILES string of the molecule is COc1ccccc1C(C)NC(C)c1ccc(F)cc1O. The summed E-state index contributed by atoms with van der Waals surface area (Å²) in [5.74, 6) is 0.330. The Morgan fingerprint density at radius 2 is 1.71 bits per heavy atom. The van der Waals surface area contributed by atoms with E-state index in [4.69, 9.17) is 4.74 Å². The lowest BCUT2D eigenvalue weighted by Gasteiger charge is -2.22. The van der Waals surface area contributed by atoms with E-state index in [1.54, 1.807) is 13.2 Å². The van der Waals surface area contributed by atoms with Crippen LogP contribution in [0, 0.1) is 5.82 Å². The van der Waals surface area contributed by atoms with Crippen molar-refractivity contribution >= 4 is 0 Å². The van der Waals surface area contributed by atoms with Crippen LogP contribution in [0.4, 0.5) is 4.39 Å². The zero-order valence-electron chi connectivity index (χ0n) is 12.4. The van der Waals surface area contributed by atoms with Gasteiger partial charge in [0, 0.05) is 29.3 Å². The second kappa shape index (κ2) is 6.59. The average molecular weight is 289 g/mol. The van der Waals surface area contributed by atoms with E-state index >= 15 is 0 Å². The van der Waals surface area contributed by atoms with Crippen LogP contribution >= 0.6 is 0 Å². The Bertz CT molecular complexity index is 615. The summed E-state index contributed by atoms with van der Waals surface area (Å²) in [6.45, 7) is 3.95. The van der Waals surface area contributed by atoms with Gasteiger partial charge in [-0.05, 0) is 26.0 Å². The summed E-state index contributed by atoms with van der Waals surface area (Å²) in [5.41, 5.74) is 1.70. The van der Waals surface area contributed by atoms with E-state index < -0.39 is 5.82 Å². The summed E-state index contributed by atoms with van der Waals surface area (Å²) in [6.07, 6.45) is 0. The average Bonchev–Trinajstić information content (AvgIpc) is 2.46. The van der Waals surface area contributed by atoms with Gasteiger partial charge in [-0.3, -0.25) is 0 Å². The lowest BCUT2D eigenvalue weighted by atomic mass is 10.0. The van der Waals surface area contributed by atoms with Gasteiger partial charge in [0.25, 0.3) is 0 Å². The van der Waals surface area contributed by atoms with Crippen LogP contribution in [-0.2, 0) is 0 Å². The van der Waals surface area contributed by atoms with Crippen LogP contribution in [0.15, 0.2) is 42.5 Å². The van der Waals surface area contributed by atoms with Crippen molar-refractivity contribution in [2.75, 3.05) is 7.11 Å². The zero-order chi connectivity index (χ0) is 15.4. The molecule has 0 fully saturated rings. The minimum absolute atomic E-state index is 0.0283. The smallest absolute Gasteiger partial charge is 0.126 e. The Hall–Kier alpha value is -2.07. The minimum atomic E-state index is -0.443. The Balaban J connectivity index is 2.16. The molecule has 3 nitrogen and oxygen atoms in total. The van der Waals surface area contributed by atoms with Gasteiger partial charge in [0.05, 0.1) is 7.11 Å². The number of benzene rings is 2. The van der Waals surface area contributed by atoms with Gasteiger partial charge in [-0.25, -0.2) is 4.39 Å². The van der Waals surface area contributed by atoms with Crippen LogP contribution in [0.5, 0.6) is 11.5 Å². The van der Waals surface area contributed by atoms with Crippen LogP contribution in [0.2, 0.25) is 0 Å². The van der Waals surface area contributed by atoms with Gasteiger partial charge in [0.15, 0.2) is 0 Å². The molecule has 2 unspecified atom stereocenters. The van der Waals surface area contributed by atoms with Gasteiger partial charge in [0.2, 0.25) is 0 Å². The number of aromatic hydroxyl groups is 1. The van der Waals surface area contributed by atoms with Gasteiger partial charge in [-0.2, -0.15) is 0 Å². The predicted molar refractivity (Wildman–Crippen MR) is 81.0 cm³/mol. The summed E-state index contributed by atoms with van der Waals surface area (Å²) >= 11 is 0. The highest BCUT2D eigenvalue weighted by atomic mass is 19.1. The standard InChI is InChI=1S/C17H20FNO2/c1-11(14-9-8-13(18)10-16(14)20)19-12(2)15-6-4-5-7-17(15)21-3/h4-12,19-20H,1-3H3. The topological polar surface area (TPSA) is 41.5 Å². The maximum Gasteiger partial charge on any atom is 0.126 e. The third kappa shape index (κ3) is 3.52. The van der Waals surface area contributed by atoms with Gasteiger partial charge >= 0.3 is 0 Å². The highest BCUT2D eigenvalue weighted by Gasteiger charge is 2.16. The van der Waals surface area contributed by atoms with E-state index in [2.05, 4.69) is 5.32 Å². The molecule has 0 spiro atoms. The lowest BCUT2D eigenvalue weighted by Crippen LogP contribution is -2.23. The summed E-state index contributed by atoms with van der Waals surface area (Å²) in [5, 5.41) is 13.2. The highest BCUT2D eigenvalue weighted by molar-refractivity contribution is 5.37. The molecule has 2 N–H and O–H groups in total. The van der Waals surface area contributed by atoms with E-state index in [-0.39, 0.29) is 17.8 Å². The maximum absolute atomic E-state index is 13.0. The summed E-state index contributed by atoms with van der Waals surface area (Å²) < 4.78 is 18.4. The van der Waals surface area contributed by atoms with Gasteiger partial charge in [-0.1, -0.05) is 24.3 Å². The van der Waals surface area contributed by atoms with E-state index in [1.165, 1.54) is 6.07 Å². The molecule has 0 bridgehead atoms. The van der Waals surface area contributed by atoms with Gasteiger partial charge in [0.1, 0.15) is 17.3 Å². The van der Waals surface area contributed by atoms with Crippen molar-refractivity contribution in [3.63, 3.8) is 0 Å². The van der Waals surface area contributed by atoms with Crippen molar-refractivity contribution in [2.45, 2.75) is 25.9 Å². The quantitative estimate of drug-likeness (QED) is 0.875. The molecule has 0 aliphatic carbocycles. The first-order valence-electron chi connectivity index (χ1n) is 6.90. The minimum Gasteiger partial charge on any atom is -0.508 e. The third-order valence-electron chi connectivity index (χ3n) is 3.56. The second-order valence-electron chi connectivity index (χ2n) is 5.06. The number of halogens is 1. The molecule has 0 radical (unpaired) electrons. The number of phenolic OH excluding ortho intramolecular Hbond substituents is 1. The summed E-state index contributed by atoms with van der Waals surface area (Å²) in [6, 6.07) is 11.8. The Labute approximate surface area is 124 Å². The molecule has 21 heavy (non-hydrogen) atoms. The molecule has 2 atom stereocenters. The largest absolute Gasteiger partial charge is 0.508 e. The predicted octanol–water partition coefficient (Wildman–Crippen LogP) is 3.95. The Kier molecular flexibility index (Phi) is 4.81. The van der Waals surface area contributed by atoms with E-state index in [0.29, 0.717) is 5.56 Å². The Morgan fingerprint density at radius 3 is 2.38 bits per heavy atom. The Morgan fingerprint density at radius 1 is 1.05 bits per heavy atom. The number of methoxy groups -OCH3 is 1. The molecular weight excluding hydrogens is 269 g/mol. The number of ether oxygens (including phenoxy) is 1. The van der Waals surface area contributed by atoms with Crippen molar-refractivity contribution < 1.29 is 14.2 Å².